The summed E-state index contributed by atoms with van der Waals surface area (Å²) < 4.78 is 0. The second-order valence-corrected chi connectivity index (χ2v) is 5.05. The van der Waals surface area contributed by atoms with Crippen LogP contribution in [0.25, 0.3) is 0 Å². The predicted octanol–water partition coefficient (Wildman–Crippen LogP) is 2.45. The maximum Gasteiger partial charge on any atom is 0.238 e. The SMILES string of the molecule is O=C(NC1CC1)C(Cl)C1CCCCC1. The summed E-state index contributed by atoms with van der Waals surface area (Å²) in [6.45, 7) is 0. The first-order valence-electron chi connectivity index (χ1n) is 5.72. The Balaban J connectivity index is 1.78. The minimum Gasteiger partial charge on any atom is -0.352 e. The zero-order valence-corrected chi connectivity index (χ0v) is 9.22. The molecule has 2 nitrogen and oxygen atoms in total. The van der Waals surface area contributed by atoms with E-state index in [0.717, 1.165) is 25.7 Å². The molecule has 0 saturated heterocycles. The zero-order valence-electron chi connectivity index (χ0n) is 8.47. The molecule has 2 rings (SSSR count). The molecule has 2 saturated carbocycles. The van der Waals surface area contributed by atoms with Crippen LogP contribution >= 0.6 is 11.6 Å². The van der Waals surface area contributed by atoms with Gasteiger partial charge < -0.3 is 5.32 Å². The van der Waals surface area contributed by atoms with E-state index in [1.54, 1.807) is 0 Å². The van der Waals surface area contributed by atoms with Crippen molar-refractivity contribution in [2.45, 2.75) is 56.4 Å². The number of amides is 1. The molecule has 0 bridgehead atoms. The van der Waals surface area contributed by atoms with E-state index in [1.165, 1.54) is 19.3 Å². The van der Waals surface area contributed by atoms with E-state index in [4.69, 9.17) is 11.6 Å². The normalized spacial score (nSPS) is 25.8. The first-order valence-corrected chi connectivity index (χ1v) is 6.15. The van der Waals surface area contributed by atoms with Crippen molar-refractivity contribution < 1.29 is 4.79 Å². The largest absolute Gasteiger partial charge is 0.352 e. The van der Waals surface area contributed by atoms with Gasteiger partial charge in [-0.2, -0.15) is 0 Å². The van der Waals surface area contributed by atoms with Gasteiger partial charge in [0.15, 0.2) is 0 Å². The summed E-state index contributed by atoms with van der Waals surface area (Å²) in [7, 11) is 0. The van der Waals surface area contributed by atoms with Crippen molar-refractivity contribution in [3.63, 3.8) is 0 Å². The molecule has 0 aromatic heterocycles. The van der Waals surface area contributed by atoms with E-state index in [1.807, 2.05) is 0 Å². The topological polar surface area (TPSA) is 29.1 Å². The molecule has 0 aromatic rings. The van der Waals surface area contributed by atoms with Crippen LogP contribution < -0.4 is 5.32 Å². The van der Waals surface area contributed by atoms with Crippen LogP contribution in [0.5, 0.6) is 0 Å². The number of alkyl halides is 1. The van der Waals surface area contributed by atoms with Gasteiger partial charge in [-0.3, -0.25) is 4.79 Å². The van der Waals surface area contributed by atoms with Crippen molar-refractivity contribution in [1.82, 2.24) is 5.32 Å². The van der Waals surface area contributed by atoms with Crippen molar-refractivity contribution in [2.75, 3.05) is 0 Å². The van der Waals surface area contributed by atoms with Gasteiger partial charge in [0.25, 0.3) is 0 Å². The third kappa shape index (κ3) is 2.63. The number of carbonyl (C=O) groups is 1. The Hall–Kier alpha value is -0.240. The molecule has 80 valence electrons. The van der Waals surface area contributed by atoms with E-state index >= 15 is 0 Å². The Morgan fingerprint density at radius 2 is 1.79 bits per heavy atom. The van der Waals surface area contributed by atoms with Crippen molar-refractivity contribution in [3.8, 4) is 0 Å². The molecule has 2 aliphatic carbocycles. The van der Waals surface area contributed by atoms with Gasteiger partial charge in [-0.25, -0.2) is 0 Å². The average molecular weight is 216 g/mol. The molecular weight excluding hydrogens is 198 g/mol. The number of rotatable bonds is 3. The van der Waals surface area contributed by atoms with Crippen molar-refractivity contribution in [3.05, 3.63) is 0 Å². The molecule has 0 spiro atoms. The number of hydrogen-bond acceptors (Lipinski definition) is 1. The van der Waals surface area contributed by atoms with Gasteiger partial charge in [0, 0.05) is 6.04 Å². The molecule has 1 N–H and O–H groups in total. The van der Waals surface area contributed by atoms with Gasteiger partial charge in [-0.15, -0.1) is 11.6 Å². The molecule has 2 aliphatic rings. The molecule has 0 radical (unpaired) electrons. The molecule has 0 aliphatic heterocycles. The standard InChI is InChI=1S/C11H18ClNO/c12-10(8-4-2-1-3-5-8)11(14)13-9-6-7-9/h8-10H,1-7H2,(H,13,14). The minimum atomic E-state index is -0.282. The lowest BCUT2D eigenvalue weighted by atomic mass is 9.86. The molecule has 3 heteroatoms. The second kappa shape index (κ2) is 4.52. The molecule has 14 heavy (non-hydrogen) atoms. The van der Waals surface area contributed by atoms with Gasteiger partial charge in [0.2, 0.25) is 5.91 Å². The van der Waals surface area contributed by atoms with Gasteiger partial charge in [-0.1, -0.05) is 19.3 Å². The van der Waals surface area contributed by atoms with Crippen LogP contribution in [0.15, 0.2) is 0 Å². The number of carbonyl (C=O) groups excluding carboxylic acids is 1. The average Bonchev–Trinajstić information content (AvgIpc) is 3.02. The molecule has 1 amide bonds. The van der Waals surface area contributed by atoms with Gasteiger partial charge in [0.1, 0.15) is 5.38 Å². The quantitative estimate of drug-likeness (QED) is 0.720. The minimum absolute atomic E-state index is 0.0704. The van der Waals surface area contributed by atoms with Gasteiger partial charge in [0.05, 0.1) is 0 Å². The summed E-state index contributed by atoms with van der Waals surface area (Å²) >= 11 is 6.17. The summed E-state index contributed by atoms with van der Waals surface area (Å²) in [5.41, 5.74) is 0. The van der Waals surface area contributed by atoms with Gasteiger partial charge in [-0.05, 0) is 31.6 Å². The van der Waals surface area contributed by atoms with Crippen LogP contribution in [-0.4, -0.2) is 17.3 Å². The Kier molecular flexibility index (Phi) is 3.32. The summed E-state index contributed by atoms with van der Waals surface area (Å²) in [5.74, 6) is 0.491. The van der Waals surface area contributed by atoms with E-state index in [0.29, 0.717) is 12.0 Å². The fourth-order valence-corrected chi connectivity index (χ4v) is 2.46. The highest BCUT2D eigenvalue weighted by molar-refractivity contribution is 6.31. The van der Waals surface area contributed by atoms with E-state index in [-0.39, 0.29) is 11.3 Å². The van der Waals surface area contributed by atoms with E-state index in [2.05, 4.69) is 5.32 Å². The first-order chi connectivity index (χ1) is 6.77. The lowest BCUT2D eigenvalue weighted by molar-refractivity contribution is -0.122. The zero-order chi connectivity index (χ0) is 9.97. The molecule has 2 fully saturated rings. The highest BCUT2D eigenvalue weighted by atomic mass is 35.5. The second-order valence-electron chi connectivity index (χ2n) is 4.58. The highest BCUT2D eigenvalue weighted by Crippen LogP contribution is 2.30. The summed E-state index contributed by atoms with van der Waals surface area (Å²) in [6.07, 6.45) is 8.33. The number of nitrogens with one attached hydrogen (secondary N) is 1. The Bertz CT molecular complexity index is 209. The highest BCUT2D eigenvalue weighted by Gasteiger charge is 2.31. The predicted molar refractivity (Wildman–Crippen MR) is 57.4 cm³/mol. The van der Waals surface area contributed by atoms with Crippen molar-refractivity contribution in [1.29, 1.82) is 0 Å². The number of hydrogen-bond donors (Lipinski definition) is 1. The third-order valence-electron chi connectivity index (χ3n) is 3.24. The third-order valence-corrected chi connectivity index (χ3v) is 3.79. The van der Waals surface area contributed by atoms with Gasteiger partial charge >= 0.3 is 0 Å². The lowest BCUT2D eigenvalue weighted by Crippen LogP contribution is -2.37. The van der Waals surface area contributed by atoms with E-state index < -0.39 is 0 Å². The van der Waals surface area contributed by atoms with Crippen LogP contribution in [0.1, 0.15) is 44.9 Å². The summed E-state index contributed by atoms with van der Waals surface area (Å²) in [4.78, 5) is 11.6. The maximum atomic E-state index is 11.6. The fourth-order valence-electron chi connectivity index (χ4n) is 2.15. The molecular formula is C11H18ClNO. The molecule has 1 atom stereocenters. The Morgan fingerprint density at radius 3 is 2.36 bits per heavy atom. The lowest BCUT2D eigenvalue weighted by Gasteiger charge is -2.25. The smallest absolute Gasteiger partial charge is 0.238 e. The van der Waals surface area contributed by atoms with Crippen LogP contribution in [0.2, 0.25) is 0 Å². The summed E-state index contributed by atoms with van der Waals surface area (Å²) in [5, 5.41) is 2.70. The Morgan fingerprint density at radius 1 is 1.14 bits per heavy atom. The van der Waals surface area contributed by atoms with Crippen molar-refractivity contribution in [2.24, 2.45) is 5.92 Å². The molecule has 0 heterocycles. The number of halogens is 1. The monoisotopic (exact) mass is 215 g/mol. The Labute approximate surface area is 90.4 Å². The first kappa shape index (κ1) is 10.3. The maximum absolute atomic E-state index is 11.6. The van der Waals surface area contributed by atoms with Crippen LogP contribution in [-0.2, 0) is 4.79 Å². The van der Waals surface area contributed by atoms with Crippen LogP contribution in [0, 0.1) is 5.92 Å². The molecule has 0 aromatic carbocycles. The summed E-state index contributed by atoms with van der Waals surface area (Å²) in [6, 6.07) is 0.437. The van der Waals surface area contributed by atoms with Crippen LogP contribution in [0.4, 0.5) is 0 Å². The van der Waals surface area contributed by atoms with Crippen molar-refractivity contribution >= 4 is 17.5 Å². The van der Waals surface area contributed by atoms with E-state index in [9.17, 15) is 4.79 Å². The molecule has 1 unspecified atom stereocenters. The fraction of sp³-hybridized carbons (Fsp3) is 0.909. The van der Waals surface area contributed by atoms with Crippen LogP contribution in [0.3, 0.4) is 0 Å².